The molecule has 6 heterocycles. The highest BCUT2D eigenvalue weighted by atomic mass is 35.5. The Kier molecular flexibility index (Phi) is 12.3. The highest BCUT2D eigenvalue weighted by molar-refractivity contribution is 6.31. The number of fused-ring (bicyclic) bond motifs is 1. The second-order valence-electron chi connectivity index (χ2n) is 19.7. The number of aromatic nitrogens is 4. The molecule has 5 aliphatic rings. The Bertz CT molecular complexity index is 2540. The van der Waals surface area contributed by atoms with E-state index in [-0.39, 0.29) is 53.2 Å². The van der Waals surface area contributed by atoms with E-state index in [1.54, 1.807) is 24.4 Å². The summed E-state index contributed by atoms with van der Waals surface area (Å²) >= 11 is 6.26. The van der Waals surface area contributed by atoms with Gasteiger partial charge in [0.2, 0.25) is 5.91 Å². The summed E-state index contributed by atoms with van der Waals surface area (Å²) in [5.74, 6) is 1.13. The van der Waals surface area contributed by atoms with Crippen LogP contribution in [0, 0.1) is 28.1 Å². The summed E-state index contributed by atoms with van der Waals surface area (Å²) in [6.07, 6.45) is 6.22. The molecule has 0 radical (unpaired) electrons. The fourth-order valence-electron chi connectivity index (χ4n) is 11.4. The highest BCUT2D eigenvalue weighted by Crippen LogP contribution is 2.55. The van der Waals surface area contributed by atoms with Crippen LogP contribution in [-0.2, 0) is 9.59 Å². The second kappa shape index (κ2) is 18.0. The number of piperidine rings is 3. The van der Waals surface area contributed by atoms with Crippen LogP contribution in [0.1, 0.15) is 88.2 Å². The lowest BCUT2D eigenvalue weighted by atomic mass is 9.49. The normalized spacial score (nSPS) is 24.3. The number of carbonyl (C=O) groups excluding carboxylic acids is 3. The minimum atomic E-state index is -0.844. The highest BCUT2D eigenvalue weighted by Gasteiger charge is 2.64. The summed E-state index contributed by atoms with van der Waals surface area (Å²) in [5, 5.41) is 23.8. The van der Waals surface area contributed by atoms with Gasteiger partial charge in [-0.05, 0) is 80.5 Å². The number of piperazine rings is 1. The van der Waals surface area contributed by atoms with Crippen molar-refractivity contribution in [2.75, 3.05) is 68.7 Å². The molecule has 4 saturated heterocycles. The van der Waals surface area contributed by atoms with Gasteiger partial charge in [-0.2, -0.15) is 9.94 Å². The van der Waals surface area contributed by atoms with Crippen molar-refractivity contribution in [1.29, 1.82) is 5.26 Å². The fourth-order valence-corrected chi connectivity index (χ4v) is 11.6. The Morgan fingerprint density at radius 2 is 1.62 bits per heavy atom. The van der Waals surface area contributed by atoms with Gasteiger partial charge in [0.15, 0.2) is 0 Å². The molecule has 1 atom stereocenters. The van der Waals surface area contributed by atoms with Gasteiger partial charge in [0.1, 0.15) is 35.3 Å². The first-order chi connectivity index (χ1) is 31.2. The number of imide groups is 1. The Morgan fingerprint density at radius 3 is 2.28 bits per heavy atom. The first kappa shape index (κ1) is 44.6. The number of anilines is 2. The van der Waals surface area contributed by atoms with Crippen LogP contribution in [0.3, 0.4) is 0 Å². The van der Waals surface area contributed by atoms with E-state index in [0.717, 1.165) is 101 Å². The molecule has 1 saturated carbocycles. The Labute approximate surface area is 384 Å². The number of nitrogens with one attached hydrogen (secondary N) is 2. The van der Waals surface area contributed by atoms with Crippen LogP contribution in [0.5, 0.6) is 5.75 Å². The van der Waals surface area contributed by atoms with Gasteiger partial charge >= 0.3 is 0 Å². The van der Waals surface area contributed by atoms with Crippen molar-refractivity contribution >= 4 is 51.7 Å². The summed E-state index contributed by atoms with van der Waals surface area (Å²) < 4.78 is 7.51. The molecule has 4 aromatic rings. The van der Waals surface area contributed by atoms with Gasteiger partial charge in [0.05, 0.1) is 21.5 Å². The molecule has 0 spiro atoms. The SMILES string of the molecule is CC1(C)C(NC(=O)c2ccc(N3CCC(CN4CCN(C5CCN(c6ccc7nnn(C8CCC(=O)NC8=O)c(=O)c7c6)CC5)CC4)CC3)nc2)C(C)(C)C1Oc1ccc(C#N)c(Cl)c1. The summed E-state index contributed by atoms with van der Waals surface area (Å²) in [7, 11) is 0. The quantitative estimate of drug-likeness (QED) is 0.207. The predicted octanol–water partition coefficient (Wildman–Crippen LogP) is 4.80. The molecule has 9 rings (SSSR count). The molecule has 0 bridgehead atoms. The van der Waals surface area contributed by atoms with Crippen LogP contribution in [0.25, 0.3) is 10.9 Å². The van der Waals surface area contributed by atoms with Crippen LogP contribution in [-0.4, -0.2) is 125 Å². The first-order valence-corrected chi connectivity index (χ1v) is 23.4. The lowest BCUT2D eigenvalue weighted by Crippen LogP contribution is -2.74. The van der Waals surface area contributed by atoms with Gasteiger partial charge in [0.25, 0.3) is 17.4 Å². The zero-order valence-corrected chi connectivity index (χ0v) is 38.4. The van der Waals surface area contributed by atoms with E-state index in [4.69, 9.17) is 21.3 Å². The van der Waals surface area contributed by atoms with Gasteiger partial charge < -0.3 is 24.8 Å². The predicted molar refractivity (Wildman–Crippen MR) is 247 cm³/mol. The monoisotopic (exact) mass is 903 g/mol. The van der Waals surface area contributed by atoms with E-state index in [1.165, 1.54) is 0 Å². The first-order valence-electron chi connectivity index (χ1n) is 23.0. The molecule has 65 heavy (non-hydrogen) atoms. The Hall–Kier alpha value is -5.63. The van der Waals surface area contributed by atoms with Crippen LogP contribution < -0.4 is 30.7 Å². The number of halogens is 1. The topological polar surface area (TPSA) is 182 Å². The number of ether oxygens (including phenoxy) is 1. The van der Waals surface area contributed by atoms with Crippen molar-refractivity contribution in [3.8, 4) is 11.8 Å². The van der Waals surface area contributed by atoms with E-state index in [1.807, 2.05) is 30.3 Å². The number of hydrogen-bond acceptors (Lipinski definition) is 13. The fraction of sp³-hybridized carbons (Fsp3) is 0.542. The molecule has 1 aliphatic carbocycles. The molecule has 17 heteroatoms. The number of pyridine rings is 1. The Balaban J connectivity index is 0.702. The largest absolute Gasteiger partial charge is 0.489 e. The molecular formula is C48H58ClN11O5. The lowest BCUT2D eigenvalue weighted by Gasteiger charge is -2.63. The summed E-state index contributed by atoms with van der Waals surface area (Å²) in [5.41, 5.74) is 1.30. The third-order valence-corrected chi connectivity index (χ3v) is 15.1. The third kappa shape index (κ3) is 8.90. The number of rotatable bonds is 10. The molecule has 2 aromatic heterocycles. The van der Waals surface area contributed by atoms with Crippen molar-refractivity contribution in [2.24, 2.45) is 16.7 Å². The molecule has 3 amide bonds. The van der Waals surface area contributed by atoms with Crippen molar-refractivity contribution < 1.29 is 19.1 Å². The summed E-state index contributed by atoms with van der Waals surface area (Å²) in [6.45, 7) is 17.5. The molecule has 342 valence electrons. The number of benzene rings is 2. The minimum absolute atomic E-state index is 0.136. The van der Waals surface area contributed by atoms with E-state index < -0.39 is 11.9 Å². The van der Waals surface area contributed by atoms with Crippen molar-refractivity contribution in [3.63, 3.8) is 0 Å². The van der Waals surface area contributed by atoms with Crippen LogP contribution in [0.15, 0.2) is 59.5 Å². The maximum absolute atomic E-state index is 13.5. The number of nitrogens with zero attached hydrogens (tertiary/aromatic N) is 9. The zero-order valence-electron chi connectivity index (χ0n) is 37.6. The number of nitriles is 1. The Morgan fingerprint density at radius 1 is 0.892 bits per heavy atom. The van der Waals surface area contributed by atoms with E-state index in [0.29, 0.717) is 44.8 Å². The number of amides is 3. The van der Waals surface area contributed by atoms with Gasteiger partial charge in [-0.25, -0.2) is 4.98 Å². The number of carbonyl (C=O) groups is 3. The molecule has 1 unspecified atom stereocenters. The van der Waals surface area contributed by atoms with Crippen LogP contribution >= 0.6 is 11.6 Å². The standard InChI is InChI=1S/C48H58ClN11O5/c1-47(2)45(48(3,4)46(47)65-35-8-5-31(27-50)37(49)26-35)53-42(62)32-6-11-40(51-28-32)59-17-13-30(14-18-59)29-56-21-23-58(24-22-56)33-15-19-57(20-16-33)34-7-9-38-36(25-34)44(64)60(55-54-38)39-10-12-41(61)52-43(39)63/h5-9,11,25-26,28,30,33,39,45-46H,10,12-24,29H2,1-4H3,(H,53,62)(H,52,61,63). The van der Waals surface area contributed by atoms with Crippen molar-refractivity contribution in [1.82, 2.24) is 40.4 Å². The van der Waals surface area contributed by atoms with E-state index >= 15 is 0 Å². The third-order valence-electron chi connectivity index (χ3n) is 14.8. The summed E-state index contributed by atoms with van der Waals surface area (Å²) in [6, 6.07) is 16.3. The smallest absolute Gasteiger partial charge is 0.278 e. The van der Waals surface area contributed by atoms with Crippen molar-refractivity contribution in [3.05, 3.63) is 81.2 Å². The lowest BCUT2D eigenvalue weighted by molar-refractivity contribution is -0.164. The summed E-state index contributed by atoms with van der Waals surface area (Å²) in [4.78, 5) is 65.8. The molecular weight excluding hydrogens is 846 g/mol. The van der Waals surface area contributed by atoms with E-state index in [2.05, 4.69) is 74.3 Å². The number of hydrogen-bond donors (Lipinski definition) is 2. The van der Waals surface area contributed by atoms with E-state index in [9.17, 15) is 24.4 Å². The maximum atomic E-state index is 13.5. The minimum Gasteiger partial charge on any atom is -0.489 e. The van der Waals surface area contributed by atoms with Gasteiger partial charge in [-0.3, -0.25) is 29.4 Å². The van der Waals surface area contributed by atoms with Crippen molar-refractivity contribution in [2.45, 2.75) is 90.4 Å². The average molecular weight is 905 g/mol. The van der Waals surface area contributed by atoms with Gasteiger partial charge in [0, 0.05) is 106 Å². The van der Waals surface area contributed by atoms with Gasteiger partial charge in [-0.15, -0.1) is 5.10 Å². The molecule has 2 aromatic carbocycles. The zero-order chi connectivity index (χ0) is 45.6. The van der Waals surface area contributed by atoms with Gasteiger partial charge in [-0.1, -0.05) is 44.5 Å². The molecule has 5 fully saturated rings. The van der Waals surface area contributed by atoms with Crippen LogP contribution in [0.2, 0.25) is 5.02 Å². The molecule has 16 nitrogen and oxygen atoms in total. The molecule has 2 N–H and O–H groups in total. The molecule has 4 aliphatic heterocycles. The average Bonchev–Trinajstić information content (AvgIpc) is 3.31. The maximum Gasteiger partial charge on any atom is 0.278 e. The van der Waals surface area contributed by atoms with Crippen LogP contribution in [0.4, 0.5) is 11.5 Å². The second-order valence-corrected chi connectivity index (χ2v) is 20.1.